The standard InChI is InChI=1S/C26H19NO2/c28-25-23-21(18-10-4-1-5-11-18)16-17-22(19-12-6-2-7-13-19)24(23)26(29)27(25)20-14-8-3-9-15-20/h1-17,23-24H. The zero-order valence-electron chi connectivity index (χ0n) is 15.7. The van der Waals surface area contributed by atoms with Crippen LogP contribution in [0.2, 0.25) is 0 Å². The molecule has 0 bridgehead atoms. The van der Waals surface area contributed by atoms with Gasteiger partial charge in [-0.2, -0.15) is 0 Å². The number of allylic oxidation sites excluding steroid dienone is 2. The summed E-state index contributed by atoms with van der Waals surface area (Å²) < 4.78 is 0. The highest BCUT2D eigenvalue weighted by Crippen LogP contribution is 2.47. The van der Waals surface area contributed by atoms with Crippen LogP contribution in [0.4, 0.5) is 5.69 Å². The Balaban J connectivity index is 1.68. The summed E-state index contributed by atoms with van der Waals surface area (Å²) in [5.41, 5.74) is 4.36. The van der Waals surface area contributed by atoms with Crippen molar-refractivity contribution < 1.29 is 9.59 Å². The number of anilines is 1. The normalized spacial score (nSPS) is 20.9. The van der Waals surface area contributed by atoms with Crippen molar-refractivity contribution in [2.45, 2.75) is 0 Å². The minimum Gasteiger partial charge on any atom is -0.273 e. The SMILES string of the molecule is O=C1C2C(c3ccccc3)=CC=C(c3ccccc3)C2C(=O)N1c1ccccc1. The van der Waals surface area contributed by atoms with Gasteiger partial charge in [0.05, 0.1) is 17.5 Å². The van der Waals surface area contributed by atoms with E-state index in [-0.39, 0.29) is 11.8 Å². The maximum absolute atomic E-state index is 13.5. The van der Waals surface area contributed by atoms with E-state index in [1.807, 2.05) is 103 Å². The van der Waals surface area contributed by atoms with E-state index in [9.17, 15) is 9.59 Å². The molecule has 5 rings (SSSR count). The Morgan fingerprint density at radius 3 is 1.31 bits per heavy atom. The van der Waals surface area contributed by atoms with E-state index in [2.05, 4.69) is 0 Å². The van der Waals surface area contributed by atoms with Gasteiger partial charge in [0.15, 0.2) is 0 Å². The average Bonchev–Trinajstić information content (AvgIpc) is 3.06. The number of para-hydroxylation sites is 1. The van der Waals surface area contributed by atoms with Crippen LogP contribution >= 0.6 is 0 Å². The molecule has 3 heteroatoms. The Kier molecular flexibility index (Phi) is 4.21. The predicted molar refractivity (Wildman–Crippen MR) is 115 cm³/mol. The van der Waals surface area contributed by atoms with Crippen molar-refractivity contribution >= 4 is 28.6 Å². The van der Waals surface area contributed by atoms with Gasteiger partial charge in [-0.25, -0.2) is 4.90 Å². The van der Waals surface area contributed by atoms with Crippen molar-refractivity contribution in [1.29, 1.82) is 0 Å². The Hall–Kier alpha value is -3.72. The second-order valence-corrected chi connectivity index (χ2v) is 7.28. The first kappa shape index (κ1) is 17.4. The van der Waals surface area contributed by atoms with Crippen LogP contribution in [0.5, 0.6) is 0 Å². The zero-order chi connectivity index (χ0) is 19.8. The van der Waals surface area contributed by atoms with Gasteiger partial charge in [-0.3, -0.25) is 9.59 Å². The number of imide groups is 1. The third kappa shape index (κ3) is 2.83. The minimum atomic E-state index is -0.523. The summed E-state index contributed by atoms with van der Waals surface area (Å²) in [5.74, 6) is -1.37. The fourth-order valence-corrected chi connectivity index (χ4v) is 4.33. The number of hydrogen-bond donors (Lipinski definition) is 0. The monoisotopic (exact) mass is 377 g/mol. The second kappa shape index (κ2) is 7.02. The summed E-state index contributed by atoms with van der Waals surface area (Å²) in [6.07, 6.45) is 4.00. The number of rotatable bonds is 3. The molecule has 1 aliphatic carbocycles. The molecular formula is C26H19NO2. The maximum atomic E-state index is 13.5. The number of nitrogens with zero attached hydrogens (tertiary/aromatic N) is 1. The number of carbonyl (C=O) groups is 2. The van der Waals surface area contributed by atoms with Crippen LogP contribution in [0.25, 0.3) is 11.1 Å². The van der Waals surface area contributed by atoms with Crippen molar-refractivity contribution in [3.8, 4) is 0 Å². The van der Waals surface area contributed by atoms with Crippen molar-refractivity contribution in [2.75, 3.05) is 4.90 Å². The molecule has 2 unspecified atom stereocenters. The van der Waals surface area contributed by atoms with E-state index in [1.54, 1.807) is 0 Å². The molecule has 2 atom stereocenters. The van der Waals surface area contributed by atoms with Crippen LogP contribution in [0.1, 0.15) is 11.1 Å². The summed E-state index contributed by atoms with van der Waals surface area (Å²) in [4.78, 5) is 28.5. The highest BCUT2D eigenvalue weighted by Gasteiger charge is 2.52. The Morgan fingerprint density at radius 1 is 0.517 bits per heavy atom. The van der Waals surface area contributed by atoms with Crippen LogP contribution in [-0.4, -0.2) is 11.8 Å². The van der Waals surface area contributed by atoms with Gasteiger partial charge in [0.25, 0.3) is 0 Å². The summed E-state index contributed by atoms with van der Waals surface area (Å²) in [6, 6.07) is 28.9. The number of carbonyl (C=O) groups excluding carboxylic acids is 2. The van der Waals surface area contributed by atoms with Gasteiger partial charge < -0.3 is 0 Å². The molecule has 3 nitrogen and oxygen atoms in total. The lowest BCUT2D eigenvalue weighted by molar-refractivity contribution is -0.122. The first-order valence-corrected chi connectivity index (χ1v) is 9.71. The molecule has 1 heterocycles. The summed E-state index contributed by atoms with van der Waals surface area (Å²) in [7, 11) is 0. The summed E-state index contributed by atoms with van der Waals surface area (Å²) in [6.45, 7) is 0. The lowest BCUT2D eigenvalue weighted by atomic mass is 9.74. The van der Waals surface area contributed by atoms with Gasteiger partial charge in [-0.1, -0.05) is 91.0 Å². The molecule has 1 saturated heterocycles. The number of fused-ring (bicyclic) bond motifs is 1. The molecular weight excluding hydrogens is 358 g/mol. The average molecular weight is 377 g/mol. The molecule has 2 amide bonds. The van der Waals surface area contributed by atoms with Crippen LogP contribution in [-0.2, 0) is 9.59 Å². The van der Waals surface area contributed by atoms with Crippen LogP contribution in [0.15, 0.2) is 103 Å². The lowest BCUT2D eigenvalue weighted by Crippen LogP contribution is -2.31. The van der Waals surface area contributed by atoms with E-state index >= 15 is 0 Å². The summed E-state index contributed by atoms with van der Waals surface area (Å²) in [5, 5.41) is 0. The van der Waals surface area contributed by atoms with E-state index in [0.717, 1.165) is 22.3 Å². The number of amides is 2. The van der Waals surface area contributed by atoms with Crippen LogP contribution in [0, 0.1) is 11.8 Å². The highest BCUT2D eigenvalue weighted by atomic mass is 16.2. The third-order valence-electron chi connectivity index (χ3n) is 5.65. The molecule has 0 aromatic heterocycles. The van der Waals surface area contributed by atoms with Crippen molar-refractivity contribution in [1.82, 2.24) is 0 Å². The number of benzene rings is 3. The topological polar surface area (TPSA) is 37.4 Å². The smallest absolute Gasteiger partial charge is 0.242 e. The summed E-state index contributed by atoms with van der Waals surface area (Å²) >= 11 is 0. The van der Waals surface area contributed by atoms with Gasteiger partial charge in [0.1, 0.15) is 0 Å². The second-order valence-electron chi connectivity index (χ2n) is 7.28. The van der Waals surface area contributed by atoms with Crippen molar-refractivity contribution in [3.63, 3.8) is 0 Å². The van der Waals surface area contributed by atoms with E-state index in [1.165, 1.54) is 4.90 Å². The van der Waals surface area contributed by atoms with Gasteiger partial charge in [-0.15, -0.1) is 0 Å². The molecule has 0 N–H and O–H groups in total. The lowest BCUT2D eigenvalue weighted by Gasteiger charge is -2.25. The van der Waals surface area contributed by atoms with Gasteiger partial charge in [0, 0.05) is 0 Å². The van der Waals surface area contributed by atoms with E-state index < -0.39 is 11.8 Å². The minimum absolute atomic E-state index is 0.164. The number of hydrogen-bond acceptors (Lipinski definition) is 2. The first-order valence-electron chi connectivity index (χ1n) is 9.71. The van der Waals surface area contributed by atoms with Crippen molar-refractivity contribution in [3.05, 3.63) is 114 Å². The highest BCUT2D eigenvalue weighted by molar-refractivity contribution is 6.28. The fraction of sp³-hybridized carbons (Fsp3) is 0.0769. The van der Waals surface area contributed by atoms with Crippen LogP contribution in [0.3, 0.4) is 0 Å². The van der Waals surface area contributed by atoms with Gasteiger partial charge in [0.2, 0.25) is 11.8 Å². The van der Waals surface area contributed by atoms with Crippen LogP contribution < -0.4 is 4.90 Å². The fourth-order valence-electron chi connectivity index (χ4n) is 4.33. The molecule has 3 aromatic rings. The molecule has 29 heavy (non-hydrogen) atoms. The van der Waals surface area contributed by atoms with E-state index in [4.69, 9.17) is 0 Å². The molecule has 0 saturated carbocycles. The Bertz CT molecular complexity index is 1060. The molecule has 0 radical (unpaired) electrons. The zero-order valence-corrected chi connectivity index (χ0v) is 15.7. The molecule has 140 valence electrons. The quantitative estimate of drug-likeness (QED) is 0.604. The van der Waals surface area contributed by atoms with Gasteiger partial charge in [-0.05, 0) is 34.4 Å². The van der Waals surface area contributed by atoms with Crippen molar-refractivity contribution in [2.24, 2.45) is 11.8 Å². The Morgan fingerprint density at radius 2 is 0.897 bits per heavy atom. The molecule has 2 aliphatic rings. The largest absolute Gasteiger partial charge is 0.273 e. The molecule has 1 fully saturated rings. The Labute approximate surface area is 169 Å². The van der Waals surface area contributed by atoms with E-state index in [0.29, 0.717) is 5.69 Å². The molecule has 0 spiro atoms. The molecule has 1 aliphatic heterocycles. The van der Waals surface area contributed by atoms with Gasteiger partial charge >= 0.3 is 0 Å². The third-order valence-corrected chi connectivity index (χ3v) is 5.65. The predicted octanol–water partition coefficient (Wildman–Crippen LogP) is 4.97. The molecule has 3 aromatic carbocycles. The maximum Gasteiger partial charge on any atom is 0.242 e. The first-order chi connectivity index (χ1) is 14.3.